The molecule has 0 aliphatic heterocycles. The molecule has 0 aliphatic carbocycles. The first-order valence-electron chi connectivity index (χ1n) is 5.81. The number of nitrogens with two attached hydrogens (primary N) is 1. The maximum absolute atomic E-state index is 11.6. The van der Waals surface area contributed by atoms with Crippen LogP contribution in [0.1, 0.15) is 13.8 Å². The van der Waals surface area contributed by atoms with Crippen LogP contribution in [0.4, 0.5) is 5.69 Å². The molecule has 4 heteroatoms. The van der Waals surface area contributed by atoms with E-state index in [1.165, 1.54) is 0 Å². The number of para-hydroxylation sites is 1. The molecule has 1 atom stereocenters. The van der Waals surface area contributed by atoms with Gasteiger partial charge in [0.25, 0.3) is 5.91 Å². The first-order chi connectivity index (χ1) is 8.49. The van der Waals surface area contributed by atoms with Gasteiger partial charge in [-0.1, -0.05) is 18.2 Å². The van der Waals surface area contributed by atoms with Gasteiger partial charge in [0, 0.05) is 19.8 Å². The molecule has 2 N–H and O–H groups in total. The first kappa shape index (κ1) is 14.3. The highest BCUT2D eigenvalue weighted by molar-refractivity contribution is 5.96. The predicted molar refractivity (Wildman–Crippen MR) is 73.2 cm³/mol. The second kappa shape index (κ2) is 6.21. The van der Waals surface area contributed by atoms with E-state index in [2.05, 4.69) is 0 Å². The second-order valence-corrected chi connectivity index (χ2v) is 4.17. The summed E-state index contributed by atoms with van der Waals surface area (Å²) in [6.45, 7) is 3.74. The molecule has 1 amide bonds. The molecule has 0 aliphatic rings. The summed E-state index contributed by atoms with van der Waals surface area (Å²) in [5, 5.41) is 0. The third-order valence-electron chi connectivity index (χ3n) is 3.05. The predicted octanol–water partition coefficient (Wildman–Crippen LogP) is 1.92. The molecule has 0 bridgehead atoms. The van der Waals surface area contributed by atoms with Gasteiger partial charge in [0.05, 0.1) is 6.10 Å². The highest BCUT2D eigenvalue weighted by Crippen LogP contribution is 2.21. The maximum Gasteiger partial charge on any atom is 0.265 e. The van der Waals surface area contributed by atoms with E-state index in [0.717, 1.165) is 11.3 Å². The summed E-state index contributed by atoms with van der Waals surface area (Å²) >= 11 is 0. The van der Waals surface area contributed by atoms with Crippen LogP contribution >= 0.6 is 0 Å². The fourth-order valence-electron chi connectivity index (χ4n) is 1.77. The number of carbonyl (C=O) groups is 1. The smallest absolute Gasteiger partial charge is 0.265 e. The molecule has 0 radical (unpaired) electrons. The number of benzene rings is 1. The van der Waals surface area contributed by atoms with E-state index in [1.807, 2.05) is 51.2 Å². The fourth-order valence-corrected chi connectivity index (χ4v) is 1.77. The summed E-state index contributed by atoms with van der Waals surface area (Å²) in [6.07, 6.45) is -0.154. The van der Waals surface area contributed by atoms with Gasteiger partial charge in [-0.2, -0.15) is 0 Å². The van der Waals surface area contributed by atoms with Gasteiger partial charge in [0.2, 0.25) is 0 Å². The van der Waals surface area contributed by atoms with Gasteiger partial charge in [-0.05, 0) is 31.6 Å². The minimum absolute atomic E-state index is 0.154. The van der Waals surface area contributed by atoms with Gasteiger partial charge < -0.3 is 15.4 Å². The number of carbonyl (C=O) groups excluding carboxylic acids is 1. The minimum atomic E-state index is -0.456. The number of primary amides is 1. The Bertz CT molecular complexity index is 440. The zero-order valence-electron chi connectivity index (χ0n) is 11.3. The van der Waals surface area contributed by atoms with E-state index in [0.29, 0.717) is 5.70 Å². The number of likely N-dealkylation sites (N-methyl/N-ethyl adjacent to an activating group) is 1. The Balaban J connectivity index is 3.18. The highest BCUT2D eigenvalue weighted by Gasteiger charge is 2.19. The van der Waals surface area contributed by atoms with Crippen molar-refractivity contribution in [3.63, 3.8) is 0 Å². The number of amides is 1. The van der Waals surface area contributed by atoms with Gasteiger partial charge in [0.15, 0.2) is 0 Å². The van der Waals surface area contributed by atoms with Crippen molar-refractivity contribution >= 4 is 11.6 Å². The zero-order chi connectivity index (χ0) is 13.7. The standard InChI is InChI=1S/C14H20N2O2/c1-10(11(2)18-4)13(14(15)17)16(3)12-8-6-5-7-9-12/h5-9,11H,1-4H3,(H2,15,17). The van der Waals surface area contributed by atoms with Crippen molar-refractivity contribution in [1.82, 2.24) is 0 Å². The van der Waals surface area contributed by atoms with Crippen LogP contribution in [0.5, 0.6) is 0 Å². The molecule has 0 saturated carbocycles. The third-order valence-corrected chi connectivity index (χ3v) is 3.05. The van der Waals surface area contributed by atoms with Gasteiger partial charge in [-0.15, -0.1) is 0 Å². The number of hydrogen-bond acceptors (Lipinski definition) is 3. The Morgan fingerprint density at radius 2 is 1.89 bits per heavy atom. The summed E-state index contributed by atoms with van der Waals surface area (Å²) in [4.78, 5) is 13.4. The Labute approximate surface area is 108 Å². The van der Waals surface area contributed by atoms with Crippen LogP contribution in [-0.4, -0.2) is 26.2 Å². The molecule has 4 nitrogen and oxygen atoms in total. The molecule has 0 spiro atoms. The van der Waals surface area contributed by atoms with E-state index in [9.17, 15) is 4.79 Å². The van der Waals surface area contributed by atoms with Crippen molar-refractivity contribution in [2.45, 2.75) is 20.0 Å². The number of hydrogen-bond donors (Lipinski definition) is 1. The van der Waals surface area contributed by atoms with Crippen LogP contribution in [0, 0.1) is 0 Å². The summed E-state index contributed by atoms with van der Waals surface area (Å²) in [6, 6.07) is 9.61. The van der Waals surface area contributed by atoms with Crippen molar-refractivity contribution in [1.29, 1.82) is 0 Å². The van der Waals surface area contributed by atoms with Crippen molar-refractivity contribution < 1.29 is 9.53 Å². The van der Waals surface area contributed by atoms with E-state index in [-0.39, 0.29) is 6.10 Å². The van der Waals surface area contributed by atoms with E-state index >= 15 is 0 Å². The Morgan fingerprint density at radius 1 is 1.33 bits per heavy atom. The maximum atomic E-state index is 11.6. The molecule has 1 rings (SSSR count). The van der Waals surface area contributed by atoms with E-state index in [1.54, 1.807) is 12.0 Å². The Kier molecular flexibility index (Phi) is 4.92. The lowest BCUT2D eigenvalue weighted by Crippen LogP contribution is -2.31. The van der Waals surface area contributed by atoms with Crippen molar-refractivity contribution in [3.8, 4) is 0 Å². The highest BCUT2D eigenvalue weighted by atomic mass is 16.5. The summed E-state index contributed by atoms with van der Waals surface area (Å²) in [5.74, 6) is -0.456. The number of anilines is 1. The quantitative estimate of drug-likeness (QED) is 0.810. The van der Waals surface area contributed by atoms with Crippen molar-refractivity contribution in [3.05, 3.63) is 41.6 Å². The SMILES string of the molecule is COC(C)C(C)=C(C(N)=O)N(C)c1ccccc1. The molecule has 1 aromatic rings. The monoisotopic (exact) mass is 248 g/mol. The number of rotatable bonds is 5. The molecule has 0 saturated heterocycles. The zero-order valence-corrected chi connectivity index (χ0v) is 11.3. The molecular weight excluding hydrogens is 228 g/mol. The Morgan fingerprint density at radius 3 is 2.33 bits per heavy atom. The van der Waals surface area contributed by atoms with Gasteiger partial charge in [-0.3, -0.25) is 4.79 Å². The minimum Gasteiger partial charge on any atom is -0.377 e. The van der Waals surface area contributed by atoms with Crippen LogP contribution < -0.4 is 10.6 Å². The first-order valence-corrected chi connectivity index (χ1v) is 5.81. The molecule has 18 heavy (non-hydrogen) atoms. The van der Waals surface area contributed by atoms with Crippen molar-refractivity contribution in [2.24, 2.45) is 5.73 Å². The average Bonchev–Trinajstić information content (AvgIpc) is 2.38. The average molecular weight is 248 g/mol. The van der Waals surface area contributed by atoms with Gasteiger partial charge in [-0.25, -0.2) is 0 Å². The molecule has 0 heterocycles. The molecule has 1 unspecified atom stereocenters. The number of ether oxygens (including phenoxy) is 1. The number of nitrogens with zero attached hydrogens (tertiary/aromatic N) is 1. The largest absolute Gasteiger partial charge is 0.377 e. The molecule has 1 aromatic carbocycles. The topological polar surface area (TPSA) is 55.6 Å². The fraction of sp³-hybridized carbons (Fsp3) is 0.357. The van der Waals surface area contributed by atoms with Crippen molar-refractivity contribution in [2.75, 3.05) is 19.1 Å². The normalized spacial score (nSPS) is 13.8. The molecule has 98 valence electrons. The van der Waals surface area contributed by atoms with Crippen LogP contribution in [0.15, 0.2) is 41.6 Å². The van der Waals surface area contributed by atoms with Gasteiger partial charge >= 0.3 is 0 Å². The van der Waals surface area contributed by atoms with Crippen LogP contribution in [-0.2, 0) is 9.53 Å². The number of methoxy groups -OCH3 is 1. The van der Waals surface area contributed by atoms with Crippen LogP contribution in [0.3, 0.4) is 0 Å². The lowest BCUT2D eigenvalue weighted by Gasteiger charge is -2.24. The van der Waals surface area contributed by atoms with Gasteiger partial charge in [0.1, 0.15) is 5.70 Å². The lowest BCUT2D eigenvalue weighted by atomic mass is 10.1. The summed E-state index contributed by atoms with van der Waals surface area (Å²) in [5.41, 5.74) is 7.67. The molecule has 0 fully saturated rings. The molecule has 0 aromatic heterocycles. The van der Waals surface area contributed by atoms with Crippen LogP contribution in [0.25, 0.3) is 0 Å². The third kappa shape index (κ3) is 3.11. The molecular formula is C14H20N2O2. The van der Waals surface area contributed by atoms with E-state index in [4.69, 9.17) is 10.5 Å². The lowest BCUT2D eigenvalue weighted by molar-refractivity contribution is -0.114. The second-order valence-electron chi connectivity index (χ2n) is 4.17. The Hall–Kier alpha value is -1.81. The van der Waals surface area contributed by atoms with Crippen LogP contribution in [0.2, 0.25) is 0 Å². The summed E-state index contributed by atoms with van der Waals surface area (Å²) in [7, 11) is 3.43. The van der Waals surface area contributed by atoms with E-state index < -0.39 is 5.91 Å². The summed E-state index contributed by atoms with van der Waals surface area (Å²) < 4.78 is 5.24.